The van der Waals surface area contributed by atoms with Crippen molar-refractivity contribution in [2.45, 2.75) is 44.3 Å². The summed E-state index contributed by atoms with van der Waals surface area (Å²) >= 11 is 0. The van der Waals surface area contributed by atoms with Gasteiger partial charge in [0.15, 0.2) is 27.5 Å². The fourth-order valence-corrected chi connectivity index (χ4v) is 2.12. The van der Waals surface area contributed by atoms with Crippen molar-refractivity contribution in [2.24, 2.45) is 0 Å². The van der Waals surface area contributed by atoms with Crippen LogP contribution < -0.4 is 0 Å². The zero-order valence-corrected chi connectivity index (χ0v) is 17.5. The van der Waals surface area contributed by atoms with E-state index >= 15 is 0 Å². The molecular weight excluding hydrogens is 418 g/mol. The summed E-state index contributed by atoms with van der Waals surface area (Å²) in [6.07, 6.45) is 29.0. The lowest BCUT2D eigenvalue weighted by atomic mass is 10.2. The summed E-state index contributed by atoms with van der Waals surface area (Å²) < 4.78 is 0. The van der Waals surface area contributed by atoms with Crippen LogP contribution in [-0.4, -0.2) is 26.8 Å². The summed E-state index contributed by atoms with van der Waals surface area (Å²) in [4.78, 5) is 37.9. The molecule has 0 spiro atoms. The van der Waals surface area contributed by atoms with E-state index in [1.54, 1.807) is 6.08 Å². The highest BCUT2D eigenvalue weighted by Gasteiger charge is 2.69. The van der Waals surface area contributed by atoms with E-state index in [1.807, 2.05) is 73.1 Å². The summed E-state index contributed by atoms with van der Waals surface area (Å²) in [6.45, 7) is 0. The Morgan fingerprint density at radius 3 is 1.47 bits per heavy atom. The van der Waals surface area contributed by atoms with Crippen LogP contribution in [0.5, 0.6) is 0 Å². The topological polar surface area (TPSA) is 146 Å². The molecule has 171 valence electrons. The Hall–Kier alpha value is -3.95. The molecular formula is C22H26N3O7. The number of hydrogen-bond acceptors (Lipinski definition) is 7. The van der Waals surface area contributed by atoms with E-state index in [2.05, 4.69) is 0 Å². The fourth-order valence-electron chi connectivity index (χ4n) is 2.12. The molecule has 0 aromatic carbocycles. The van der Waals surface area contributed by atoms with Gasteiger partial charge in [0, 0.05) is 6.42 Å². The maximum atomic E-state index is 10.8. The van der Waals surface area contributed by atoms with Gasteiger partial charge in [0.2, 0.25) is 0 Å². The van der Waals surface area contributed by atoms with E-state index in [0.29, 0.717) is 25.7 Å². The normalized spacial score (nSPS) is 13.1. The molecule has 0 atom stereocenters. The minimum atomic E-state index is -3.45. The Balaban J connectivity index is 4.16. The molecule has 0 bridgehead atoms. The lowest BCUT2D eigenvalue weighted by Crippen LogP contribution is -2.52. The van der Waals surface area contributed by atoms with Crippen molar-refractivity contribution in [1.82, 2.24) is 0 Å². The molecule has 0 aliphatic carbocycles. The Labute approximate surface area is 186 Å². The number of allylic oxidation sites excluding steroid dienone is 13. The molecule has 0 aromatic rings. The fraction of sp³-hybridized carbons (Fsp3) is 0.318. The zero-order chi connectivity index (χ0) is 24.1. The first-order chi connectivity index (χ1) is 15.4. The maximum absolute atomic E-state index is 10.8. The lowest BCUT2D eigenvalue weighted by Gasteiger charge is -2.06. The van der Waals surface area contributed by atoms with Crippen LogP contribution in [0.1, 0.15) is 38.5 Å². The van der Waals surface area contributed by atoms with Gasteiger partial charge >= 0.3 is 5.79 Å². The van der Waals surface area contributed by atoms with Crippen LogP contribution in [0.3, 0.4) is 0 Å². The minimum absolute atomic E-state index is 0.340. The second-order valence-corrected chi connectivity index (χ2v) is 6.18. The SMILES string of the molecule is O=[C]CCC=CCC=CC=CC=CC=CCC=CCC=CCC([N+](=O)[O-])([N+](=O)[O-])[N+](=O)[O-]. The molecule has 0 amide bonds. The third-order valence-corrected chi connectivity index (χ3v) is 3.83. The highest BCUT2D eigenvalue weighted by molar-refractivity contribution is 5.50. The lowest BCUT2D eigenvalue weighted by molar-refractivity contribution is -0.968. The molecule has 10 nitrogen and oxygen atoms in total. The van der Waals surface area contributed by atoms with Crippen molar-refractivity contribution < 1.29 is 19.6 Å². The van der Waals surface area contributed by atoms with Gasteiger partial charge in [-0.15, -0.1) is 0 Å². The first-order valence-electron chi connectivity index (χ1n) is 9.78. The Morgan fingerprint density at radius 1 is 0.594 bits per heavy atom. The van der Waals surface area contributed by atoms with E-state index < -0.39 is 27.0 Å². The third kappa shape index (κ3) is 11.9. The van der Waals surface area contributed by atoms with Crippen LogP contribution in [0.2, 0.25) is 0 Å². The highest BCUT2D eigenvalue weighted by atomic mass is 16.7. The van der Waals surface area contributed by atoms with Gasteiger partial charge < -0.3 is 0 Å². The van der Waals surface area contributed by atoms with Crippen LogP contribution in [0.15, 0.2) is 85.1 Å². The van der Waals surface area contributed by atoms with Gasteiger partial charge in [-0.2, -0.15) is 0 Å². The third-order valence-electron chi connectivity index (χ3n) is 3.83. The van der Waals surface area contributed by atoms with Crippen molar-refractivity contribution in [3.05, 3.63) is 115 Å². The number of carbonyl (C=O) groups excluding carboxylic acids is 1. The van der Waals surface area contributed by atoms with Crippen LogP contribution in [0.4, 0.5) is 0 Å². The number of nitrogens with zero attached hydrogens (tertiary/aromatic N) is 3. The van der Waals surface area contributed by atoms with Crippen molar-refractivity contribution in [3.63, 3.8) is 0 Å². The largest absolute Gasteiger partial charge is 0.703 e. The molecule has 0 saturated heterocycles. The molecule has 0 unspecified atom stereocenters. The molecule has 10 heteroatoms. The van der Waals surface area contributed by atoms with Crippen LogP contribution in [-0.2, 0) is 4.79 Å². The Kier molecular flexibility index (Phi) is 15.7. The first-order valence-corrected chi connectivity index (χ1v) is 9.78. The highest BCUT2D eigenvalue weighted by Crippen LogP contribution is 2.18. The molecule has 0 aliphatic rings. The van der Waals surface area contributed by atoms with Crippen LogP contribution in [0, 0.1) is 30.3 Å². The molecule has 32 heavy (non-hydrogen) atoms. The second kappa shape index (κ2) is 17.9. The zero-order valence-electron chi connectivity index (χ0n) is 17.5. The Bertz CT molecular complexity index is 785. The molecule has 0 rings (SSSR count). The van der Waals surface area contributed by atoms with Gasteiger partial charge in [-0.1, -0.05) is 85.1 Å². The number of rotatable bonds is 17. The summed E-state index contributed by atoms with van der Waals surface area (Å²) in [7, 11) is 0. The number of unbranched alkanes of at least 4 members (excludes halogenated alkanes) is 1. The van der Waals surface area contributed by atoms with Crippen molar-refractivity contribution in [1.29, 1.82) is 0 Å². The summed E-state index contributed by atoms with van der Waals surface area (Å²) in [5, 5.41) is 32.3. The molecule has 0 aliphatic heterocycles. The van der Waals surface area contributed by atoms with E-state index in [4.69, 9.17) is 0 Å². The van der Waals surface area contributed by atoms with E-state index in [-0.39, 0.29) is 0 Å². The van der Waals surface area contributed by atoms with E-state index in [1.165, 1.54) is 6.08 Å². The summed E-state index contributed by atoms with van der Waals surface area (Å²) in [6, 6.07) is 0. The molecule has 1 radical (unpaired) electrons. The predicted octanol–water partition coefficient (Wildman–Crippen LogP) is 4.81. The summed E-state index contributed by atoms with van der Waals surface area (Å²) in [5.74, 6) is -3.45. The predicted molar refractivity (Wildman–Crippen MR) is 121 cm³/mol. The molecule has 0 fully saturated rings. The smallest absolute Gasteiger partial charge is 0.291 e. The van der Waals surface area contributed by atoms with Gasteiger partial charge in [0.1, 0.15) is 0 Å². The minimum Gasteiger partial charge on any atom is -0.291 e. The van der Waals surface area contributed by atoms with Crippen molar-refractivity contribution in [3.8, 4) is 0 Å². The molecule has 0 saturated carbocycles. The number of hydrogen-bond donors (Lipinski definition) is 0. The van der Waals surface area contributed by atoms with Crippen molar-refractivity contribution in [2.75, 3.05) is 0 Å². The van der Waals surface area contributed by atoms with E-state index in [0.717, 1.165) is 12.5 Å². The van der Waals surface area contributed by atoms with Crippen LogP contribution in [0.25, 0.3) is 0 Å². The standard InChI is InChI=1S/C22H26N3O7/c26-21-19-17-15-13-11-9-7-5-3-1-2-4-6-8-10-12-14-16-18-20-22(23(27)28,24(29)30)25(31)32/h1-7,9-10,12-13,15-16,18H,8,11,14,17,19-20H2. The summed E-state index contributed by atoms with van der Waals surface area (Å²) in [5.41, 5.74) is 0. The van der Waals surface area contributed by atoms with Gasteiger partial charge in [-0.25, -0.2) is 0 Å². The van der Waals surface area contributed by atoms with Gasteiger partial charge in [-0.05, 0) is 25.7 Å². The quantitative estimate of drug-likeness (QED) is 0.0780. The van der Waals surface area contributed by atoms with Gasteiger partial charge in [-0.3, -0.25) is 35.1 Å². The Morgan fingerprint density at radius 2 is 1.00 bits per heavy atom. The average molecular weight is 444 g/mol. The number of nitro groups is 3. The molecule has 0 N–H and O–H groups in total. The van der Waals surface area contributed by atoms with Gasteiger partial charge in [0.05, 0.1) is 0 Å². The molecule has 0 heterocycles. The monoisotopic (exact) mass is 444 g/mol. The first kappa shape index (κ1) is 28.0. The molecule has 0 aromatic heterocycles. The van der Waals surface area contributed by atoms with Crippen molar-refractivity contribution >= 4 is 6.29 Å². The van der Waals surface area contributed by atoms with E-state index in [9.17, 15) is 35.1 Å². The average Bonchev–Trinajstić information content (AvgIpc) is 2.74. The van der Waals surface area contributed by atoms with Gasteiger partial charge in [0.25, 0.3) is 0 Å². The second-order valence-electron chi connectivity index (χ2n) is 6.18. The maximum Gasteiger partial charge on any atom is 0.703 e. The van der Waals surface area contributed by atoms with Crippen LogP contribution >= 0.6 is 0 Å².